The molecule has 138 valence electrons. The fraction of sp³-hybridized carbons (Fsp3) is 0.211. The first-order valence-corrected chi connectivity index (χ1v) is 8.47. The highest BCUT2D eigenvalue weighted by atomic mass is 16.3. The van der Waals surface area contributed by atoms with Crippen LogP contribution in [0.15, 0.2) is 46.5 Å². The van der Waals surface area contributed by atoms with E-state index in [2.05, 4.69) is 11.6 Å². The monoisotopic (exact) mass is 365 g/mol. The third kappa shape index (κ3) is 2.13. The van der Waals surface area contributed by atoms with Crippen LogP contribution in [0.4, 0.5) is 0 Å². The van der Waals surface area contributed by atoms with Gasteiger partial charge in [0.25, 0.3) is 5.56 Å². The van der Waals surface area contributed by atoms with Gasteiger partial charge in [-0.3, -0.25) is 22.9 Å². The summed E-state index contributed by atoms with van der Waals surface area (Å²) in [6.07, 6.45) is 1.51. The molecule has 1 N–H and O–H groups in total. The molecule has 8 nitrogen and oxygen atoms in total. The van der Waals surface area contributed by atoms with Crippen LogP contribution >= 0.6 is 0 Å². The molecule has 0 aliphatic carbocycles. The van der Waals surface area contributed by atoms with Crippen LogP contribution in [0.5, 0.6) is 5.75 Å². The van der Waals surface area contributed by atoms with Crippen molar-refractivity contribution in [2.24, 2.45) is 7.05 Å². The minimum atomic E-state index is -0.448. The van der Waals surface area contributed by atoms with Gasteiger partial charge in [0.15, 0.2) is 11.2 Å². The number of aryl methyl sites for hydroxylation is 2. The molecule has 0 bridgehead atoms. The zero-order valence-electron chi connectivity index (χ0n) is 15.3. The van der Waals surface area contributed by atoms with E-state index in [9.17, 15) is 14.7 Å². The Kier molecular flexibility index (Phi) is 3.59. The molecule has 0 radical (unpaired) electrons. The van der Waals surface area contributed by atoms with Crippen molar-refractivity contribution in [1.29, 1.82) is 0 Å². The van der Waals surface area contributed by atoms with Gasteiger partial charge in [-0.2, -0.15) is 4.98 Å². The number of hydrogen-bond donors (Lipinski definition) is 1. The highest BCUT2D eigenvalue weighted by Gasteiger charge is 2.23. The molecule has 27 heavy (non-hydrogen) atoms. The minimum Gasteiger partial charge on any atom is -0.506 e. The van der Waals surface area contributed by atoms with Crippen LogP contribution < -0.4 is 11.2 Å². The van der Waals surface area contributed by atoms with Crippen LogP contribution in [-0.2, 0) is 13.6 Å². The molecule has 0 spiro atoms. The summed E-state index contributed by atoms with van der Waals surface area (Å²) in [7, 11) is 1.59. The highest BCUT2D eigenvalue weighted by Crippen LogP contribution is 2.28. The number of nitrogens with zero attached hydrogens (tertiary/aromatic N) is 5. The van der Waals surface area contributed by atoms with Crippen molar-refractivity contribution in [3.05, 3.63) is 69.1 Å². The van der Waals surface area contributed by atoms with Crippen LogP contribution in [0.25, 0.3) is 22.6 Å². The number of fused-ring (bicyclic) bond motifs is 3. The molecule has 4 aromatic rings. The fourth-order valence-electron chi connectivity index (χ4n) is 3.48. The summed E-state index contributed by atoms with van der Waals surface area (Å²) in [5.74, 6) is 0.563. The molecule has 0 saturated carbocycles. The summed E-state index contributed by atoms with van der Waals surface area (Å²) in [5, 5.41) is 10.3. The Morgan fingerprint density at radius 1 is 1.19 bits per heavy atom. The highest BCUT2D eigenvalue weighted by molar-refractivity contribution is 5.77. The van der Waals surface area contributed by atoms with Crippen LogP contribution in [0.2, 0.25) is 0 Å². The molecule has 1 aromatic carbocycles. The maximum absolute atomic E-state index is 13.0. The van der Waals surface area contributed by atoms with Crippen molar-refractivity contribution in [1.82, 2.24) is 23.1 Å². The number of hydrogen-bond acceptors (Lipinski definition) is 4. The van der Waals surface area contributed by atoms with Crippen molar-refractivity contribution >= 4 is 16.9 Å². The molecule has 0 unspecified atom stereocenters. The SMILES string of the molecule is C=CCn1c(=O)c2c(nc3n(-c4ccccc4O)c(C)c(C)n23)n(C)c1=O. The standard InChI is InChI=1S/C19H19N5O3/c1-5-10-22-17(26)15-16(21(4)19(22)27)20-18-23(11(2)12(3)24(15)18)13-8-6-7-9-14(13)25/h5-9,25H,1,10H2,2-4H3. The number of rotatable bonds is 3. The summed E-state index contributed by atoms with van der Waals surface area (Å²) in [6.45, 7) is 7.51. The van der Waals surface area contributed by atoms with Crippen molar-refractivity contribution < 1.29 is 5.11 Å². The predicted octanol–water partition coefficient (Wildman–Crippen LogP) is 1.65. The second kappa shape index (κ2) is 5.73. The molecule has 3 heterocycles. The van der Waals surface area contributed by atoms with Crippen LogP contribution in [0, 0.1) is 13.8 Å². The fourth-order valence-corrected chi connectivity index (χ4v) is 3.48. The van der Waals surface area contributed by atoms with Gasteiger partial charge in [-0.25, -0.2) is 4.79 Å². The Morgan fingerprint density at radius 3 is 2.56 bits per heavy atom. The van der Waals surface area contributed by atoms with Gasteiger partial charge >= 0.3 is 5.69 Å². The minimum absolute atomic E-state index is 0.100. The van der Waals surface area contributed by atoms with Crippen LogP contribution in [-0.4, -0.2) is 28.2 Å². The number of benzene rings is 1. The molecule has 0 saturated heterocycles. The van der Waals surface area contributed by atoms with Gasteiger partial charge in [0, 0.05) is 25.0 Å². The van der Waals surface area contributed by atoms with E-state index in [4.69, 9.17) is 0 Å². The van der Waals surface area contributed by atoms with Crippen molar-refractivity contribution in [2.45, 2.75) is 20.4 Å². The van der Waals surface area contributed by atoms with E-state index in [1.165, 1.54) is 10.6 Å². The Balaban J connectivity index is 2.25. The molecular weight excluding hydrogens is 346 g/mol. The summed E-state index contributed by atoms with van der Waals surface area (Å²) >= 11 is 0. The predicted molar refractivity (Wildman–Crippen MR) is 103 cm³/mol. The van der Waals surface area contributed by atoms with Gasteiger partial charge in [0.1, 0.15) is 5.75 Å². The Hall–Kier alpha value is -3.55. The van der Waals surface area contributed by atoms with Gasteiger partial charge < -0.3 is 5.11 Å². The van der Waals surface area contributed by atoms with E-state index >= 15 is 0 Å². The first kappa shape index (κ1) is 16.9. The third-order valence-corrected chi connectivity index (χ3v) is 4.95. The van der Waals surface area contributed by atoms with Crippen LogP contribution in [0.3, 0.4) is 0 Å². The van der Waals surface area contributed by atoms with E-state index in [-0.39, 0.29) is 12.3 Å². The van der Waals surface area contributed by atoms with Crippen molar-refractivity contribution in [2.75, 3.05) is 0 Å². The second-order valence-corrected chi connectivity index (χ2v) is 6.46. The van der Waals surface area contributed by atoms with E-state index in [0.29, 0.717) is 22.6 Å². The summed E-state index contributed by atoms with van der Waals surface area (Å²) in [4.78, 5) is 30.1. The lowest BCUT2D eigenvalue weighted by molar-refractivity contribution is 0.472. The number of allylic oxidation sites excluding steroid dienone is 1. The summed E-state index contributed by atoms with van der Waals surface area (Å²) < 4.78 is 6.01. The molecular formula is C19H19N5O3. The van der Waals surface area contributed by atoms with E-state index in [1.807, 2.05) is 19.9 Å². The van der Waals surface area contributed by atoms with Crippen LogP contribution in [0.1, 0.15) is 11.4 Å². The van der Waals surface area contributed by atoms with E-state index in [0.717, 1.165) is 16.0 Å². The van der Waals surface area contributed by atoms with Crippen molar-refractivity contribution in [3.8, 4) is 11.4 Å². The largest absolute Gasteiger partial charge is 0.506 e. The second-order valence-electron chi connectivity index (χ2n) is 6.46. The van der Waals surface area contributed by atoms with Gasteiger partial charge in [-0.1, -0.05) is 18.2 Å². The first-order chi connectivity index (χ1) is 12.9. The zero-order chi connectivity index (χ0) is 19.5. The molecule has 0 amide bonds. The maximum Gasteiger partial charge on any atom is 0.332 e. The average molecular weight is 365 g/mol. The smallest absolute Gasteiger partial charge is 0.332 e. The third-order valence-electron chi connectivity index (χ3n) is 4.95. The van der Waals surface area contributed by atoms with E-state index < -0.39 is 11.2 Å². The van der Waals surface area contributed by atoms with E-state index in [1.54, 1.807) is 34.2 Å². The quantitative estimate of drug-likeness (QED) is 0.559. The number of phenolic OH excluding ortho intramolecular Hbond substituents is 1. The lowest BCUT2D eigenvalue weighted by atomic mass is 10.2. The van der Waals surface area contributed by atoms with Gasteiger partial charge in [-0.15, -0.1) is 6.58 Å². The van der Waals surface area contributed by atoms with Gasteiger partial charge in [0.05, 0.1) is 5.69 Å². The Labute approximate surface area is 153 Å². The Morgan fingerprint density at radius 2 is 1.89 bits per heavy atom. The molecule has 0 fully saturated rings. The average Bonchev–Trinajstić information content (AvgIpc) is 3.14. The zero-order valence-corrected chi connectivity index (χ0v) is 15.3. The lowest BCUT2D eigenvalue weighted by Gasteiger charge is -2.08. The normalized spacial score (nSPS) is 11.5. The molecule has 3 aromatic heterocycles. The lowest BCUT2D eigenvalue weighted by Crippen LogP contribution is -2.39. The Bertz CT molecular complexity index is 1350. The number of imidazole rings is 2. The maximum atomic E-state index is 13.0. The number of phenols is 1. The molecule has 4 rings (SSSR count). The number of aromatic nitrogens is 5. The van der Waals surface area contributed by atoms with Gasteiger partial charge in [-0.05, 0) is 26.0 Å². The van der Waals surface area contributed by atoms with Crippen molar-refractivity contribution in [3.63, 3.8) is 0 Å². The number of para-hydroxylation sites is 2. The molecule has 8 heteroatoms. The number of aromatic hydroxyl groups is 1. The molecule has 0 aliphatic rings. The molecule has 0 aliphatic heterocycles. The summed E-state index contributed by atoms with van der Waals surface area (Å²) in [6, 6.07) is 6.92. The summed E-state index contributed by atoms with van der Waals surface area (Å²) in [5.41, 5.74) is 1.95. The van der Waals surface area contributed by atoms with Gasteiger partial charge in [0.2, 0.25) is 5.78 Å². The molecule has 0 atom stereocenters. The first-order valence-electron chi connectivity index (χ1n) is 8.47. The topological polar surface area (TPSA) is 86.5 Å².